The van der Waals surface area contributed by atoms with E-state index in [0.717, 1.165) is 19.3 Å². The highest BCUT2D eigenvalue weighted by atomic mass is 35.5. The molecular formula is C12H16ClN3O. The highest BCUT2D eigenvalue weighted by Crippen LogP contribution is 2.38. The van der Waals surface area contributed by atoms with Gasteiger partial charge in [0.15, 0.2) is 5.15 Å². The summed E-state index contributed by atoms with van der Waals surface area (Å²) < 4.78 is 0. The number of nitrogens with two attached hydrogens (primary N) is 1. The molecule has 2 rings (SSSR count). The van der Waals surface area contributed by atoms with Crippen molar-refractivity contribution in [3.05, 3.63) is 23.5 Å². The first kappa shape index (κ1) is 12.3. The molecule has 2 unspecified atom stereocenters. The van der Waals surface area contributed by atoms with Crippen LogP contribution in [-0.4, -0.2) is 16.9 Å². The summed E-state index contributed by atoms with van der Waals surface area (Å²) in [7, 11) is 0. The van der Waals surface area contributed by atoms with E-state index in [9.17, 15) is 4.79 Å². The zero-order chi connectivity index (χ0) is 12.5. The Morgan fingerprint density at radius 3 is 3.06 bits per heavy atom. The lowest BCUT2D eigenvalue weighted by Gasteiger charge is -2.27. The predicted octanol–water partition coefficient (Wildman–Crippen LogP) is 2.19. The van der Waals surface area contributed by atoms with Crippen LogP contribution in [0.25, 0.3) is 0 Å². The number of hydrogen-bond donors (Lipinski definition) is 2. The molecule has 17 heavy (non-hydrogen) atoms. The molecule has 0 spiro atoms. The van der Waals surface area contributed by atoms with E-state index in [0.29, 0.717) is 10.8 Å². The van der Waals surface area contributed by atoms with Gasteiger partial charge in [-0.2, -0.15) is 0 Å². The number of carbonyl (C=O) groups excluding carboxylic acids is 1. The third-order valence-electron chi connectivity index (χ3n) is 3.56. The Labute approximate surface area is 106 Å². The van der Waals surface area contributed by atoms with E-state index in [4.69, 9.17) is 17.3 Å². The van der Waals surface area contributed by atoms with Gasteiger partial charge in [0, 0.05) is 12.2 Å². The topological polar surface area (TPSA) is 68.0 Å². The first-order valence-corrected chi connectivity index (χ1v) is 6.09. The molecule has 1 amide bonds. The van der Waals surface area contributed by atoms with Gasteiger partial charge in [-0.25, -0.2) is 4.98 Å². The van der Waals surface area contributed by atoms with E-state index in [-0.39, 0.29) is 11.9 Å². The molecule has 0 aliphatic heterocycles. The second-order valence-electron chi connectivity index (χ2n) is 4.71. The summed E-state index contributed by atoms with van der Waals surface area (Å²) in [5.41, 5.74) is 6.04. The molecule has 5 heteroatoms. The highest BCUT2D eigenvalue weighted by molar-refractivity contribution is 6.32. The molecule has 1 fully saturated rings. The first-order chi connectivity index (χ1) is 8.04. The molecule has 1 aliphatic rings. The van der Waals surface area contributed by atoms with Crippen molar-refractivity contribution < 1.29 is 4.79 Å². The van der Waals surface area contributed by atoms with E-state index >= 15 is 0 Å². The molecule has 2 atom stereocenters. The van der Waals surface area contributed by atoms with E-state index < -0.39 is 5.41 Å². The number of nitrogens with zero attached hydrogens (tertiary/aromatic N) is 1. The molecule has 1 heterocycles. The Morgan fingerprint density at radius 1 is 1.71 bits per heavy atom. The number of halogens is 1. The molecule has 4 nitrogen and oxygen atoms in total. The van der Waals surface area contributed by atoms with Crippen molar-refractivity contribution in [3.63, 3.8) is 0 Å². The number of carbonyl (C=O) groups is 1. The number of pyridine rings is 1. The van der Waals surface area contributed by atoms with Crippen LogP contribution < -0.4 is 11.1 Å². The van der Waals surface area contributed by atoms with Crippen molar-refractivity contribution in [1.29, 1.82) is 0 Å². The minimum absolute atomic E-state index is 0.0719. The third kappa shape index (κ3) is 2.28. The fourth-order valence-electron chi connectivity index (χ4n) is 2.22. The zero-order valence-corrected chi connectivity index (χ0v) is 10.5. The van der Waals surface area contributed by atoms with Crippen LogP contribution in [0.2, 0.25) is 5.15 Å². The van der Waals surface area contributed by atoms with Gasteiger partial charge in [0.05, 0.1) is 11.1 Å². The maximum atomic E-state index is 12.2. The number of nitrogens with one attached hydrogen (secondary N) is 1. The second kappa shape index (κ2) is 4.63. The molecule has 0 saturated heterocycles. The number of rotatable bonds is 2. The van der Waals surface area contributed by atoms with Crippen LogP contribution in [0.15, 0.2) is 18.3 Å². The van der Waals surface area contributed by atoms with Crippen molar-refractivity contribution in [2.75, 3.05) is 5.32 Å². The summed E-state index contributed by atoms with van der Waals surface area (Å²) >= 11 is 5.90. The van der Waals surface area contributed by atoms with Gasteiger partial charge in [0.2, 0.25) is 5.91 Å². The third-order valence-corrected chi connectivity index (χ3v) is 3.86. The van der Waals surface area contributed by atoms with Gasteiger partial charge in [0.1, 0.15) is 0 Å². The van der Waals surface area contributed by atoms with Crippen LogP contribution in [-0.2, 0) is 4.79 Å². The Bertz CT molecular complexity index is 438. The van der Waals surface area contributed by atoms with Crippen molar-refractivity contribution in [1.82, 2.24) is 4.98 Å². The lowest BCUT2D eigenvalue weighted by Crippen LogP contribution is -2.44. The van der Waals surface area contributed by atoms with Crippen LogP contribution in [0.1, 0.15) is 26.2 Å². The Morgan fingerprint density at radius 2 is 2.47 bits per heavy atom. The molecule has 0 radical (unpaired) electrons. The second-order valence-corrected chi connectivity index (χ2v) is 5.07. The fraction of sp³-hybridized carbons (Fsp3) is 0.500. The minimum Gasteiger partial charge on any atom is -0.327 e. The first-order valence-electron chi connectivity index (χ1n) is 5.71. The van der Waals surface area contributed by atoms with Gasteiger partial charge >= 0.3 is 0 Å². The lowest BCUT2D eigenvalue weighted by molar-refractivity contribution is -0.125. The van der Waals surface area contributed by atoms with Crippen LogP contribution in [0.3, 0.4) is 0 Å². The molecule has 0 aromatic carbocycles. The molecule has 1 aliphatic carbocycles. The van der Waals surface area contributed by atoms with Crippen LogP contribution in [0.4, 0.5) is 5.69 Å². The van der Waals surface area contributed by atoms with Crippen molar-refractivity contribution >= 4 is 23.2 Å². The summed E-state index contributed by atoms with van der Waals surface area (Å²) in [5.74, 6) is -0.0719. The van der Waals surface area contributed by atoms with Gasteiger partial charge in [-0.05, 0) is 31.9 Å². The average molecular weight is 254 g/mol. The fourth-order valence-corrected chi connectivity index (χ4v) is 2.39. The van der Waals surface area contributed by atoms with Gasteiger partial charge in [-0.3, -0.25) is 4.79 Å². The zero-order valence-electron chi connectivity index (χ0n) is 9.74. The maximum Gasteiger partial charge on any atom is 0.231 e. The van der Waals surface area contributed by atoms with Crippen molar-refractivity contribution in [2.24, 2.45) is 11.1 Å². The summed E-state index contributed by atoms with van der Waals surface area (Å²) in [6, 6.07) is 3.38. The number of aromatic nitrogens is 1. The molecule has 92 valence electrons. The van der Waals surface area contributed by atoms with Crippen LogP contribution in [0, 0.1) is 5.41 Å². The summed E-state index contributed by atoms with van der Waals surface area (Å²) in [6.45, 7) is 1.91. The summed E-state index contributed by atoms with van der Waals surface area (Å²) in [4.78, 5) is 16.1. The Hall–Kier alpha value is -1.13. The van der Waals surface area contributed by atoms with Gasteiger partial charge in [-0.1, -0.05) is 18.0 Å². The van der Waals surface area contributed by atoms with E-state index in [1.54, 1.807) is 18.3 Å². The predicted molar refractivity (Wildman–Crippen MR) is 67.8 cm³/mol. The maximum absolute atomic E-state index is 12.2. The smallest absolute Gasteiger partial charge is 0.231 e. The summed E-state index contributed by atoms with van der Waals surface area (Å²) in [5, 5.41) is 3.11. The molecule has 3 N–H and O–H groups in total. The van der Waals surface area contributed by atoms with E-state index in [1.807, 2.05) is 6.92 Å². The van der Waals surface area contributed by atoms with Crippen LogP contribution >= 0.6 is 11.6 Å². The number of hydrogen-bond acceptors (Lipinski definition) is 3. The monoisotopic (exact) mass is 253 g/mol. The Balaban J connectivity index is 2.15. The standard InChI is InChI=1S/C12H16ClN3O/c1-12(6-2-5-9(12)14)11(17)16-8-4-3-7-15-10(8)13/h3-4,7,9H,2,5-6,14H2,1H3,(H,16,17). The van der Waals surface area contributed by atoms with Crippen molar-refractivity contribution in [2.45, 2.75) is 32.2 Å². The number of amides is 1. The van der Waals surface area contributed by atoms with Gasteiger partial charge < -0.3 is 11.1 Å². The van der Waals surface area contributed by atoms with Crippen molar-refractivity contribution in [3.8, 4) is 0 Å². The minimum atomic E-state index is -0.501. The summed E-state index contributed by atoms with van der Waals surface area (Å²) in [6.07, 6.45) is 4.29. The normalized spacial score (nSPS) is 28.1. The molecular weight excluding hydrogens is 238 g/mol. The van der Waals surface area contributed by atoms with Gasteiger partial charge in [-0.15, -0.1) is 0 Å². The van der Waals surface area contributed by atoms with Crippen LogP contribution in [0.5, 0.6) is 0 Å². The average Bonchev–Trinajstić information content (AvgIpc) is 2.64. The van der Waals surface area contributed by atoms with E-state index in [1.165, 1.54) is 0 Å². The SMILES string of the molecule is CC1(C(=O)Nc2cccnc2Cl)CCCC1N. The quantitative estimate of drug-likeness (QED) is 0.794. The van der Waals surface area contributed by atoms with E-state index in [2.05, 4.69) is 10.3 Å². The number of anilines is 1. The molecule has 1 aromatic heterocycles. The Kier molecular flexibility index (Phi) is 3.35. The lowest BCUT2D eigenvalue weighted by atomic mass is 9.84. The molecule has 0 bridgehead atoms. The highest BCUT2D eigenvalue weighted by Gasteiger charge is 2.43. The molecule has 1 aromatic rings. The largest absolute Gasteiger partial charge is 0.327 e. The molecule has 1 saturated carbocycles. The van der Waals surface area contributed by atoms with Gasteiger partial charge in [0.25, 0.3) is 0 Å².